The Morgan fingerprint density at radius 1 is 0.328 bits per heavy atom. The van der Waals surface area contributed by atoms with E-state index in [1.54, 1.807) is 0 Å². The lowest BCUT2D eigenvalue weighted by molar-refractivity contribution is -0.0990. The molecule has 0 N–H and O–H groups in total. The largest absolute Gasteiger partial charge is 0.298 e. The van der Waals surface area contributed by atoms with E-state index in [9.17, 15) is 0 Å². The second kappa shape index (κ2) is 19.1. The zero-order chi connectivity index (χ0) is 47.3. The smallest absolute Gasteiger partial charge is 0.0200 e. The van der Waals surface area contributed by atoms with Gasteiger partial charge in [0, 0.05) is 116 Å². The van der Waals surface area contributed by atoms with Gasteiger partial charge in [0.25, 0.3) is 0 Å². The highest BCUT2D eigenvalue weighted by molar-refractivity contribution is 5.10. The first-order valence-electron chi connectivity index (χ1n) is 25.4. The van der Waals surface area contributed by atoms with Crippen molar-refractivity contribution in [2.45, 2.75) is 244 Å². The highest BCUT2D eigenvalue weighted by atomic mass is 15.3. The molecule has 0 radical (unpaired) electrons. The molecule has 5 aliphatic heterocycles. The van der Waals surface area contributed by atoms with Gasteiger partial charge in [-0.25, -0.2) is 0 Å². The van der Waals surface area contributed by atoms with E-state index in [4.69, 9.17) is 0 Å². The van der Waals surface area contributed by atoms with Gasteiger partial charge in [-0.2, -0.15) is 0 Å². The minimum Gasteiger partial charge on any atom is -0.298 e. The lowest BCUT2D eigenvalue weighted by Crippen LogP contribution is -2.66. The van der Waals surface area contributed by atoms with Crippen LogP contribution in [0.3, 0.4) is 0 Å². The predicted octanol–water partition coefficient (Wildman–Crippen LogP) is 11.2. The second-order valence-electron chi connectivity index (χ2n) is 29.1. The fraction of sp³-hybridized carbons (Fsp3) is 1.00. The second-order valence-corrected chi connectivity index (χ2v) is 29.1. The van der Waals surface area contributed by atoms with E-state index in [0.717, 1.165) is 17.8 Å². The third kappa shape index (κ3) is 15.4. The van der Waals surface area contributed by atoms with Gasteiger partial charge in [-0.05, 0) is 214 Å². The van der Waals surface area contributed by atoms with Gasteiger partial charge in [0.05, 0.1) is 0 Å². The number of hydrogen-bond acceptors (Lipinski definition) is 7. The number of rotatable bonds is 0. The molecule has 1 saturated carbocycles. The summed E-state index contributed by atoms with van der Waals surface area (Å²) in [6.45, 7) is 75.8. The topological polar surface area (TPSA) is 22.7 Å². The molecule has 6 rings (SSSR count). The van der Waals surface area contributed by atoms with Crippen molar-refractivity contribution in [2.75, 3.05) is 78.5 Å². The molecule has 0 amide bonds. The van der Waals surface area contributed by atoms with Gasteiger partial charge in [0.2, 0.25) is 0 Å². The molecule has 7 heteroatoms. The van der Waals surface area contributed by atoms with Crippen molar-refractivity contribution < 1.29 is 0 Å². The van der Waals surface area contributed by atoms with Crippen molar-refractivity contribution in [3.8, 4) is 0 Å². The molecular formula is C54H111N7. The number of hydrogen-bond donors (Lipinski definition) is 0. The summed E-state index contributed by atoms with van der Waals surface area (Å²) < 4.78 is 0. The monoisotopic (exact) mass is 858 g/mol. The number of fused-ring (bicyclic) bond motifs is 1. The van der Waals surface area contributed by atoms with Crippen molar-refractivity contribution in [1.82, 2.24) is 34.3 Å². The Morgan fingerprint density at radius 2 is 0.639 bits per heavy atom. The number of nitrogens with zero attached hydrogens (tertiary/aromatic N) is 7. The lowest BCUT2D eigenvalue weighted by Gasteiger charge is -2.59. The molecule has 6 aliphatic rings. The molecule has 0 aromatic rings. The zero-order valence-corrected chi connectivity index (χ0v) is 46.4. The van der Waals surface area contributed by atoms with Crippen LogP contribution in [0.25, 0.3) is 0 Å². The van der Waals surface area contributed by atoms with E-state index in [0.29, 0.717) is 61.7 Å². The Kier molecular flexibility index (Phi) is 17.3. The first-order valence-corrected chi connectivity index (χ1v) is 25.4. The Morgan fingerprint density at radius 3 is 0.885 bits per heavy atom. The standard InChI is InChI=1S/C15H30N2.2C13H28N2.C13H25N/c1-13(2,3)16-9-7-15(8-10-16)11-17(12-15)14(4,5)6;2*1-11-10-14(12(2,3)4)8-9-15(11)13(5,6)7;1-12(2,3)11-9-7-14(8-10(9)11)13(4,5)6/h7-12H2,1-6H3;2*11H,8-10H2,1-7H3;9-11H,7-8H2,1-6H3/t;2*11-;/m.10./s1. The van der Waals surface area contributed by atoms with Crippen molar-refractivity contribution in [2.24, 2.45) is 28.6 Å². The molecule has 0 bridgehead atoms. The minimum atomic E-state index is 0.309. The zero-order valence-electron chi connectivity index (χ0n) is 46.4. The molecule has 362 valence electrons. The van der Waals surface area contributed by atoms with Crippen LogP contribution in [0, 0.1) is 28.6 Å². The molecule has 5 saturated heterocycles. The van der Waals surface area contributed by atoms with E-state index in [1.807, 2.05) is 0 Å². The van der Waals surface area contributed by atoms with Crippen LogP contribution in [0.2, 0.25) is 0 Å². The van der Waals surface area contributed by atoms with Crippen molar-refractivity contribution in [1.29, 1.82) is 0 Å². The normalized spacial score (nSPS) is 29.7. The molecule has 0 aromatic carbocycles. The molecule has 5 heterocycles. The van der Waals surface area contributed by atoms with E-state index in [2.05, 4.69) is 214 Å². The van der Waals surface area contributed by atoms with E-state index < -0.39 is 0 Å². The molecular weight excluding hydrogens is 747 g/mol. The quantitative estimate of drug-likeness (QED) is 0.239. The predicted molar refractivity (Wildman–Crippen MR) is 270 cm³/mol. The summed E-state index contributed by atoms with van der Waals surface area (Å²) in [6, 6.07) is 1.33. The van der Waals surface area contributed by atoms with E-state index >= 15 is 0 Å². The van der Waals surface area contributed by atoms with E-state index in [1.165, 1.54) is 91.4 Å². The molecule has 2 unspecified atom stereocenters. The molecule has 4 atom stereocenters. The lowest BCUT2D eigenvalue weighted by atomic mass is 9.70. The molecule has 0 aromatic heterocycles. The van der Waals surface area contributed by atoms with Crippen LogP contribution < -0.4 is 0 Å². The first-order chi connectivity index (χ1) is 27.1. The number of likely N-dealkylation sites (tertiary alicyclic amines) is 3. The van der Waals surface area contributed by atoms with Gasteiger partial charge in [0.15, 0.2) is 0 Å². The maximum Gasteiger partial charge on any atom is 0.0200 e. The summed E-state index contributed by atoms with van der Waals surface area (Å²) >= 11 is 0. The summed E-state index contributed by atoms with van der Waals surface area (Å²) in [5.41, 5.74) is 3.56. The average molecular weight is 859 g/mol. The van der Waals surface area contributed by atoms with Crippen LogP contribution in [-0.2, 0) is 0 Å². The van der Waals surface area contributed by atoms with Crippen LogP contribution in [-0.4, -0.2) is 164 Å². The van der Waals surface area contributed by atoms with Crippen LogP contribution >= 0.6 is 0 Å². The highest BCUT2D eigenvalue weighted by Crippen LogP contribution is 2.60. The number of piperidine rings is 2. The maximum atomic E-state index is 2.66. The third-order valence-corrected chi connectivity index (χ3v) is 15.8. The molecule has 7 nitrogen and oxygen atoms in total. The van der Waals surface area contributed by atoms with Crippen LogP contribution in [0.5, 0.6) is 0 Å². The van der Waals surface area contributed by atoms with E-state index in [-0.39, 0.29) is 0 Å². The molecule has 6 fully saturated rings. The number of piperazine rings is 2. The van der Waals surface area contributed by atoms with Gasteiger partial charge >= 0.3 is 0 Å². The Bertz CT molecular complexity index is 1260. The van der Waals surface area contributed by atoms with Gasteiger partial charge in [-0.15, -0.1) is 0 Å². The fourth-order valence-corrected chi connectivity index (χ4v) is 11.7. The Labute approximate surface area is 383 Å². The summed E-state index contributed by atoms with van der Waals surface area (Å²) in [6.07, 6.45) is 2.80. The summed E-state index contributed by atoms with van der Waals surface area (Å²) in [5, 5.41) is 0. The summed E-state index contributed by atoms with van der Waals surface area (Å²) in [7, 11) is 0. The Balaban J connectivity index is 0.000000217. The SMILES string of the molecule is CC(C)(C)C1C2CN(C(C)(C)C)CC21.CC(C)(C)N1CCC2(CC1)CN(C(C)(C)C)C2.C[C@@H]1CN(C(C)(C)C)CCN1C(C)(C)C.C[C@H]1CN(C(C)(C)C)CCN1C(C)(C)C. The van der Waals surface area contributed by atoms with Crippen LogP contribution in [0.15, 0.2) is 0 Å². The van der Waals surface area contributed by atoms with Gasteiger partial charge in [-0.1, -0.05) is 20.8 Å². The molecule has 1 aliphatic carbocycles. The van der Waals surface area contributed by atoms with Crippen LogP contribution in [0.4, 0.5) is 0 Å². The maximum absolute atomic E-state index is 2.66. The average Bonchev–Trinajstić information content (AvgIpc) is 3.56. The summed E-state index contributed by atoms with van der Waals surface area (Å²) in [4.78, 5) is 18.4. The fourth-order valence-electron chi connectivity index (χ4n) is 11.7. The molecule has 1 spiro atoms. The van der Waals surface area contributed by atoms with Crippen molar-refractivity contribution in [3.63, 3.8) is 0 Å². The molecule has 61 heavy (non-hydrogen) atoms. The van der Waals surface area contributed by atoms with Crippen LogP contribution in [0.1, 0.15) is 193 Å². The van der Waals surface area contributed by atoms with Crippen molar-refractivity contribution in [3.05, 3.63) is 0 Å². The van der Waals surface area contributed by atoms with Gasteiger partial charge in [-0.3, -0.25) is 34.3 Å². The van der Waals surface area contributed by atoms with Crippen molar-refractivity contribution >= 4 is 0 Å². The van der Waals surface area contributed by atoms with Gasteiger partial charge < -0.3 is 0 Å². The Hall–Kier alpha value is -0.280. The summed E-state index contributed by atoms with van der Waals surface area (Å²) in [5.74, 6) is 3.02. The minimum absolute atomic E-state index is 0.309. The van der Waals surface area contributed by atoms with Gasteiger partial charge in [0.1, 0.15) is 0 Å². The highest BCUT2D eigenvalue weighted by Gasteiger charge is 2.60. The third-order valence-electron chi connectivity index (χ3n) is 15.8. The first kappa shape index (κ1) is 55.1.